The number of hydrogen-bond acceptors (Lipinski definition) is 1. The molecule has 1 aromatic rings. The van der Waals surface area contributed by atoms with Crippen LogP contribution >= 0.6 is 30.4 Å². The van der Waals surface area contributed by atoms with E-state index in [1.54, 1.807) is 0 Å². The fourth-order valence-electron chi connectivity index (χ4n) is 4.34. The number of benzene rings is 1. The molecule has 0 radical (unpaired) electrons. The summed E-state index contributed by atoms with van der Waals surface area (Å²) in [6.45, 7) is 0.490. The summed E-state index contributed by atoms with van der Waals surface area (Å²) in [5, 5.41) is 9.95. The SMILES string of the molecule is C[N+](C)(C)C/C(O)=[P+](\[O-])CCCCCCCCCCCCCCCCCCc1ccc(I)cc1. The molecule has 0 aliphatic rings. The largest absolute Gasteiger partial charge is 0.629 e. The zero-order valence-electron chi connectivity index (χ0n) is 22.4. The Hall–Kier alpha value is -0.000000000000000111. The van der Waals surface area contributed by atoms with Gasteiger partial charge in [0, 0.05) is 3.57 Å². The number of aliphatic hydroxyl groups excluding tert-OH is 1. The Morgan fingerprint density at radius 2 is 1.09 bits per heavy atom. The van der Waals surface area contributed by atoms with Crippen LogP contribution in [0.2, 0.25) is 0 Å². The number of aryl methyl sites for hydroxylation is 1. The molecule has 0 amide bonds. The number of nitrogens with zero attached hydrogens (tertiary/aromatic N) is 1. The summed E-state index contributed by atoms with van der Waals surface area (Å²) in [5.41, 5.74) is 1.68. The van der Waals surface area contributed by atoms with E-state index in [4.69, 9.17) is 0 Å². The average Bonchev–Trinajstić information content (AvgIpc) is 2.78. The van der Waals surface area contributed by atoms with Gasteiger partial charge in [0.15, 0.2) is 6.54 Å². The normalized spacial score (nSPS) is 12.8. The van der Waals surface area contributed by atoms with Crippen molar-refractivity contribution in [3.63, 3.8) is 0 Å². The Balaban J connectivity index is 1.79. The van der Waals surface area contributed by atoms with Crippen LogP contribution in [0.5, 0.6) is 0 Å². The van der Waals surface area contributed by atoms with Crippen molar-refractivity contribution in [2.24, 2.45) is 0 Å². The van der Waals surface area contributed by atoms with Crippen molar-refractivity contribution in [2.45, 2.75) is 109 Å². The predicted octanol–water partition coefficient (Wildman–Crippen LogP) is 8.04. The Morgan fingerprint density at radius 3 is 1.50 bits per heavy atom. The molecule has 34 heavy (non-hydrogen) atoms. The lowest BCUT2D eigenvalue weighted by Crippen LogP contribution is -2.39. The number of rotatable bonds is 21. The zero-order chi connectivity index (χ0) is 25.1. The van der Waals surface area contributed by atoms with E-state index in [0.29, 0.717) is 17.2 Å². The van der Waals surface area contributed by atoms with E-state index in [1.165, 1.54) is 105 Å². The standard InChI is InChI=1S/C29H51INO2P/c1-31(2,3)26-29(32)34(33)25-19-17-15-13-11-9-7-5-4-6-8-10-12-14-16-18-20-27-21-23-28(30)24-22-27/h21-24H,4-20,25-26H2,1-3H3/p+1. The van der Waals surface area contributed by atoms with Gasteiger partial charge in [-0.05, 0) is 66.0 Å². The van der Waals surface area contributed by atoms with Crippen LogP contribution in [0.1, 0.15) is 108 Å². The van der Waals surface area contributed by atoms with Gasteiger partial charge in [-0.25, -0.2) is 0 Å². The molecular weight excluding hydrogens is 552 g/mol. The van der Waals surface area contributed by atoms with Gasteiger partial charge in [-0.1, -0.05) is 95.6 Å². The van der Waals surface area contributed by atoms with E-state index in [0.717, 1.165) is 12.8 Å². The van der Waals surface area contributed by atoms with E-state index in [2.05, 4.69) is 46.9 Å². The Kier molecular flexibility index (Phi) is 18.9. The van der Waals surface area contributed by atoms with Crippen molar-refractivity contribution in [2.75, 3.05) is 33.8 Å². The van der Waals surface area contributed by atoms with Gasteiger partial charge < -0.3 is 14.5 Å². The first-order chi connectivity index (χ1) is 16.3. The first-order valence-electron chi connectivity index (χ1n) is 13.8. The van der Waals surface area contributed by atoms with Gasteiger partial charge in [0.1, 0.15) is 6.16 Å². The second-order valence-electron chi connectivity index (χ2n) is 11.0. The molecule has 1 unspecified atom stereocenters. The molecule has 0 aliphatic heterocycles. The highest BCUT2D eigenvalue weighted by Gasteiger charge is 2.16. The Morgan fingerprint density at radius 1 is 0.706 bits per heavy atom. The summed E-state index contributed by atoms with van der Waals surface area (Å²) in [5.74, 6) is 0. The number of quaternary nitrogens is 1. The van der Waals surface area contributed by atoms with Gasteiger partial charge in [0.05, 0.1) is 28.9 Å². The van der Waals surface area contributed by atoms with Crippen molar-refractivity contribution < 1.29 is 14.5 Å². The lowest BCUT2D eigenvalue weighted by Gasteiger charge is -2.22. The van der Waals surface area contributed by atoms with Gasteiger partial charge in [-0.2, -0.15) is 0 Å². The third-order valence-electron chi connectivity index (χ3n) is 6.39. The molecule has 0 aliphatic carbocycles. The Bertz CT molecular complexity index is 655. The molecule has 0 spiro atoms. The third-order valence-corrected chi connectivity index (χ3v) is 8.55. The van der Waals surface area contributed by atoms with Crippen molar-refractivity contribution >= 4 is 35.8 Å². The highest BCUT2D eigenvalue weighted by atomic mass is 127. The van der Waals surface area contributed by atoms with Crippen LogP contribution in [0, 0.1) is 3.57 Å². The maximum Gasteiger partial charge on any atom is 0.273 e. The molecule has 196 valence electrons. The molecule has 1 atom stereocenters. The lowest BCUT2D eigenvalue weighted by molar-refractivity contribution is -0.861. The fourth-order valence-corrected chi connectivity index (χ4v) is 6.05. The summed E-state index contributed by atoms with van der Waals surface area (Å²) in [6.07, 6.45) is 23.2. The summed E-state index contributed by atoms with van der Waals surface area (Å²) < 4.78 is 1.95. The van der Waals surface area contributed by atoms with Crippen molar-refractivity contribution in [1.29, 1.82) is 0 Å². The topological polar surface area (TPSA) is 43.3 Å². The molecule has 1 aromatic carbocycles. The predicted molar refractivity (Wildman–Crippen MR) is 158 cm³/mol. The number of unbranched alkanes of at least 4 members (excludes halogenated alkanes) is 15. The van der Waals surface area contributed by atoms with E-state index in [9.17, 15) is 10.00 Å². The molecule has 0 fully saturated rings. The molecule has 3 nitrogen and oxygen atoms in total. The molecule has 0 saturated heterocycles. The average molecular weight is 605 g/mol. The number of likely N-dealkylation sites (N-methyl/N-ethyl adjacent to an activating group) is 1. The number of halogens is 1. The molecule has 0 bridgehead atoms. The first-order valence-corrected chi connectivity index (χ1v) is 16.3. The smallest absolute Gasteiger partial charge is 0.273 e. The van der Waals surface area contributed by atoms with Gasteiger partial charge >= 0.3 is 0 Å². The summed E-state index contributed by atoms with van der Waals surface area (Å²) in [4.78, 5) is 12.1. The van der Waals surface area contributed by atoms with Crippen LogP contribution in [0.15, 0.2) is 24.3 Å². The van der Waals surface area contributed by atoms with E-state index in [1.807, 2.05) is 21.1 Å². The van der Waals surface area contributed by atoms with Gasteiger partial charge in [-0.3, -0.25) is 0 Å². The molecular formula is C29H52INO2P+. The zero-order valence-corrected chi connectivity index (χ0v) is 25.4. The number of hydrogen-bond donors (Lipinski definition) is 1. The maximum atomic E-state index is 12.1. The fraction of sp³-hybridized carbons (Fsp3) is 0.759. The maximum absolute atomic E-state index is 12.1. The lowest BCUT2D eigenvalue weighted by atomic mass is 10.0. The minimum Gasteiger partial charge on any atom is -0.629 e. The van der Waals surface area contributed by atoms with Crippen LogP contribution in [0.4, 0.5) is 0 Å². The molecule has 5 heteroatoms. The van der Waals surface area contributed by atoms with Crippen LogP contribution in [0.25, 0.3) is 0 Å². The molecule has 0 heterocycles. The Labute approximate surface area is 225 Å². The minimum absolute atomic E-state index is 0.191. The third kappa shape index (κ3) is 19.2. The van der Waals surface area contributed by atoms with Crippen molar-refractivity contribution in [3.05, 3.63) is 33.4 Å². The van der Waals surface area contributed by atoms with E-state index >= 15 is 0 Å². The van der Waals surface area contributed by atoms with Crippen LogP contribution in [-0.2, 0) is 6.42 Å². The summed E-state index contributed by atoms with van der Waals surface area (Å²) in [7, 11) is 4.48. The molecule has 0 saturated carbocycles. The van der Waals surface area contributed by atoms with E-state index < -0.39 is 7.77 Å². The quantitative estimate of drug-likeness (QED) is 0.0668. The van der Waals surface area contributed by atoms with Gasteiger partial charge in [-0.15, -0.1) is 0 Å². The molecule has 1 N–H and O–H groups in total. The van der Waals surface area contributed by atoms with E-state index in [-0.39, 0.29) is 5.48 Å². The van der Waals surface area contributed by atoms with Crippen LogP contribution in [-0.4, -0.2) is 48.9 Å². The highest BCUT2D eigenvalue weighted by Crippen LogP contribution is 2.19. The summed E-state index contributed by atoms with van der Waals surface area (Å²) >= 11 is 2.37. The summed E-state index contributed by atoms with van der Waals surface area (Å²) in [6, 6.07) is 8.97. The second kappa shape index (κ2) is 20.1. The van der Waals surface area contributed by atoms with Crippen LogP contribution in [0.3, 0.4) is 0 Å². The van der Waals surface area contributed by atoms with Gasteiger partial charge in [0.2, 0.25) is 0 Å². The van der Waals surface area contributed by atoms with Crippen molar-refractivity contribution in [3.8, 4) is 0 Å². The second-order valence-corrected chi connectivity index (χ2v) is 14.0. The molecule has 1 rings (SSSR count). The number of aliphatic hydroxyl groups is 1. The van der Waals surface area contributed by atoms with Gasteiger partial charge in [0.25, 0.3) is 5.48 Å². The monoisotopic (exact) mass is 604 g/mol. The van der Waals surface area contributed by atoms with Crippen LogP contribution < -0.4 is 4.89 Å². The first kappa shape index (κ1) is 32.0. The molecule has 0 aromatic heterocycles. The highest BCUT2D eigenvalue weighted by molar-refractivity contribution is 14.1. The minimum atomic E-state index is -1.55. The van der Waals surface area contributed by atoms with Crippen molar-refractivity contribution in [1.82, 2.24) is 0 Å².